The molecule has 0 spiro atoms. The molecule has 0 amide bonds. The van der Waals surface area contributed by atoms with Crippen molar-refractivity contribution in [3.05, 3.63) is 35.5 Å². The Bertz CT molecular complexity index is 737. The van der Waals surface area contributed by atoms with Crippen LogP contribution in [-0.2, 0) is 6.42 Å². The van der Waals surface area contributed by atoms with Gasteiger partial charge in [-0.2, -0.15) is 0 Å². The number of thiophene rings is 1. The summed E-state index contributed by atoms with van der Waals surface area (Å²) in [4.78, 5) is 14.2. The third kappa shape index (κ3) is 2.88. The molecule has 3 rings (SSSR count). The molecule has 0 saturated heterocycles. The number of aromatic nitrogens is 3. The number of aryl methyl sites for hydroxylation is 1. The number of unbranched alkanes of at least 4 members (excludes halogenated alkanes) is 2. The van der Waals surface area contributed by atoms with E-state index in [0.717, 1.165) is 23.9 Å². The second kappa shape index (κ2) is 6.18. The summed E-state index contributed by atoms with van der Waals surface area (Å²) in [6, 6.07) is 6.27. The zero-order chi connectivity index (χ0) is 14.7. The van der Waals surface area contributed by atoms with E-state index in [4.69, 9.17) is 10.7 Å². The van der Waals surface area contributed by atoms with Crippen LogP contribution in [0.3, 0.4) is 0 Å². The Labute approximate surface area is 128 Å². The van der Waals surface area contributed by atoms with Crippen LogP contribution in [0.2, 0.25) is 0 Å². The van der Waals surface area contributed by atoms with Crippen molar-refractivity contribution in [2.45, 2.75) is 32.6 Å². The van der Waals surface area contributed by atoms with Gasteiger partial charge in [0.15, 0.2) is 5.65 Å². The molecule has 5 heteroatoms. The molecule has 0 fully saturated rings. The van der Waals surface area contributed by atoms with Crippen LogP contribution in [0.1, 0.15) is 31.7 Å². The molecule has 0 bridgehead atoms. The van der Waals surface area contributed by atoms with Crippen LogP contribution >= 0.6 is 11.3 Å². The molecule has 21 heavy (non-hydrogen) atoms. The SMILES string of the molecule is CCCCCc1cc2c(N)ncnc2nc1-c1cccs1. The fraction of sp³-hybridized carbons (Fsp3) is 0.312. The van der Waals surface area contributed by atoms with E-state index in [0.29, 0.717) is 11.5 Å². The smallest absolute Gasteiger partial charge is 0.165 e. The van der Waals surface area contributed by atoms with Crippen LogP contribution in [0, 0.1) is 0 Å². The van der Waals surface area contributed by atoms with Crippen LogP contribution in [0.15, 0.2) is 29.9 Å². The molecule has 0 atom stereocenters. The third-order valence-corrected chi connectivity index (χ3v) is 4.41. The second-order valence-electron chi connectivity index (χ2n) is 5.06. The van der Waals surface area contributed by atoms with Crippen molar-refractivity contribution in [1.29, 1.82) is 0 Å². The van der Waals surface area contributed by atoms with Crippen molar-refractivity contribution in [3.63, 3.8) is 0 Å². The lowest BCUT2D eigenvalue weighted by Crippen LogP contribution is -1.99. The van der Waals surface area contributed by atoms with Crippen molar-refractivity contribution in [2.75, 3.05) is 5.73 Å². The van der Waals surface area contributed by atoms with Gasteiger partial charge in [0.1, 0.15) is 12.1 Å². The summed E-state index contributed by atoms with van der Waals surface area (Å²) in [6.07, 6.45) is 6.08. The zero-order valence-corrected chi connectivity index (χ0v) is 12.9. The average molecular weight is 298 g/mol. The van der Waals surface area contributed by atoms with Gasteiger partial charge in [-0.15, -0.1) is 11.3 Å². The predicted molar refractivity (Wildman–Crippen MR) is 88.3 cm³/mol. The summed E-state index contributed by atoms with van der Waals surface area (Å²) in [5, 5.41) is 2.93. The van der Waals surface area contributed by atoms with Gasteiger partial charge in [0.25, 0.3) is 0 Å². The molecule has 0 saturated carbocycles. The van der Waals surface area contributed by atoms with Gasteiger partial charge < -0.3 is 5.73 Å². The van der Waals surface area contributed by atoms with E-state index >= 15 is 0 Å². The Hall–Kier alpha value is -2.01. The fourth-order valence-electron chi connectivity index (χ4n) is 2.43. The largest absolute Gasteiger partial charge is 0.383 e. The Kier molecular flexibility index (Phi) is 4.10. The Morgan fingerprint density at radius 2 is 2.14 bits per heavy atom. The molecular weight excluding hydrogens is 280 g/mol. The number of hydrogen-bond acceptors (Lipinski definition) is 5. The van der Waals surface area contributed by atoms with Crippen LogP contribution in [0.4, 0.5) is 5.82 Å². The zero-order valence-electron chi connectivity index (χ0n) is 12.0. The van der Waals surface area contributed by atoms with Gasteiger partial charge in [-0.3, -0.25) is 0 Å². The van der Waals surface area contributed by atoms with E-state index in [1.165, 1.54) is 29.6 Å². The maximum Gasteiger partial charge on any atom is 0.165 e. The first-order chi connectivity index (χ1) is 10.3. The average Bonchev–Trinajstić information content (AvgIpc) is 3.02. The molecule has 0 aliphatic heterocycles. The van der Waals surface area contributed by atoms with Crippen LogP contribution in [-0.4, -0.2) is 15.0 Å². The van der Waals surface area contributed by atoms with Gasteiger partial charge in [-0.1, -0.05) is 25.8 Å². The molecule has 4 nitrogen and oxygen atoms in total. The summed E-state index contributed by atoms with van der Waals surface area (Å²) in [5.41, 5.74) is 8.90. The van der Waals surface area contributed by atoms with Crippen LogP contribution in [0.5, 0.6) is 0 Å². The highest BCUT2D eigenvalue weighted by Gasteiger charge is 2.12. The third-order valence-electron chi connectivity index (χ3n) is 3.54. The normalized spacial score (nSPS) is 11.1. The lowest BCUT2D eigenvalue weighted by molar-refractivity contribution is 0.717. The lowest BCUT2D eigenvalue weighted by atomic mass is 10.0. The minimum atomic E-state index is 0.502. The molecule has 0 aliphatic rings. The van der Waals surface area contributed by atoms with Gasteiger partial charge in [0.05, 0.1) is 16.0 Å². The number of nitrogens with two attached hydrogens (primary N) is 1. The summed E-state index contributed by atoms with van der Waals surface area (Å²) in [5.74, 6) is 0.502. The molecule has 0 unspecified atom stereocenters. The van der Waals surface area contributed by atoms with E-state index in [1.54, 1.807) is 11.3 Å². The molecule has 108 valence electrons. The highest BCUT2D eigenvalue weighted by molar-refractivity contribution is 7.13. The highest BCUT2D eigenvalue weighted by atomic mass is 32.1. The highest BCUT2D eigenvalue weighted by Crippen LogP contribution is 2.30. The standard InChI is InChI=1S/C16H18N4S/c1-2-3-4-6-11-9-12-15(17)18-10-19-16(12)20-14(11)13-7-5-8-21-13/h5,7-10H,2-4,6H2,1H3,(H2,17,18,19,20). The minimum Gasteiger partial charge on any atom is -0.383 e. The van der Waals surface area contributed by atoms with Crippen LogP contribution < -0.4 is 5.73 Å². The number of fused-ring (bicyclic) bond motifs is 1. The van der Waals surface area contributed by atoms with E-state index in [-0.39, 0.29) is 0 Å². The van der Waals surface area contributed by atoms with Crippen molar-refractivity contribution in [1.82, 2.24) is 15.0 Å². The number of anilines is 1. The van der Waals surface area contributed by atoms with Gasteiger partial charge in [0.2, 0.25) is 0 Å². The maximum absolute atomic E-state index is 5.96. The Balaban J connectivity index is 2.11. The second-order valence-corrected chi connectivity index (χ2v) is 6.01. The molecular formula is C16H18N4S. The van der Waals surface area contributed by atoms with Gasteiger partial charge in [-0.25, -0.2) is 15.0 Å². The number of rotatable bonds is 5. The van der Waals surface area contributed by atoms with E-state index in [1.807, 2.05) is 0 Å². The van der Waals surface area contributed by atoms with Crippen molar-refractivity contribution < 1.29 is 0 Å². The number of hydrogen-bond donors (Lipinski definition) is 1. The first-order valence-corrected chi connectivity index (χ1v) is 8.11. The summed E-state index contributed by atoms with van der Waals surface area (Å²) in [6.45, 7) is 2.21. The Morgan fingerprint density at radius 1 is 1.24 bits per heavy atom. The molecule has 3 heterocycles. The van der Waals surface area contributed by atoms with Crippen molar-refractivity contribution >= 4 is 28.2 Å². The molecule has 0 radical (unpaired) electrons. The van der Waals surface area contributed by atoms with Crippen LogP contribution in [0.25, 0.3) is 21.6 Å². The molecule has 3 aromatic heterocycles. The van der Waals surface area contributed by atoms with E-state index < -0.39 is 0 Å². The summed E-state index contributed by atoms with van der Waals surface area (Å²) < 4.78 is 0. The molecule has 2 N–H and O–H groups in total. The van der Waals surface area contributed by atoms with Gasteiger partial charge >= 0.3 is 0 Å². The topological polar surface area (TPSA) is 64.7 Å². The van der Waals surface area contributed by atoms with Gasteiger partial charge in [-0.05, 0) is 35.9 Å². The van der Waals surface area contributed by atoms with E-state index in [2.05, 4.69) is 40.5 Å². The minimum absolute atomic E-state index is 0.502. The molecule has 0 aliphatic carbocycles. The molecule has 3 aromatic rings. The quantitative estimate of drug-likeness (QED) is 0.721. The number of nitrogens with zero attached hydrogens (tertiary/aromatic N) is 3. The van der Waals surface area contributed by atoms with Gasteiger partial charge in [0, 0.05) is 0 Å². The molecule has 0 aromatic carbocycles. The van der Waals surface area contributed by atoms with E-state index in [9.17, 15) is 0 Å². The summed E-state index contributed by atoms with van der Waals surface area (Å²) in [7, 11) is 0. The predicted octanol–water partition coefficient (Wildman–Crippen LogP) is 4.07. The van der Waals surface area contributed by atoms with Crippen molar-refractivity contribution in [2.24, 2.45) is 0 Å². The maximum atomic E-state index is 5.96. The monoisotopic (exact) mass is 298 g/mol. The first-order valence-electron chi connectivity index (χ1n) is 7.23. The summed E-state index contributed by atoms with van der Waals surface area (Å²) >= 11 is 1.70. The Morgan fingerprint density at radius 3 is 2.90 bits per heavy atom. The number of pyridine rings is 1. The first kappa shape index (κ1) is 13.9. The van der Waals surface area contributed by atoms with Crippen molar-refractivity contribution in [3.8, 4) is 10.6 Å². The fourth-order valence-corrected chi connectivity index (χ4v) is 3.18. The number of nitrogen functional groups attached to an aromatic ring is 1. The lowest BCUT2D eigenvalue weighted by Gasteiger charge is -2.09.